The molecule has 1 atom stereocenters. The molecule has 0 radical (unpaired) electrons. The van der Waals surface area contributed by atoms with E-state index in [1.165, 1.54) is 167 Å². The number of esters is 3. The minimum absolute atomic E-state index is 0.0947. The molecule has 0 aliphatic heterocycles. The fourth-order valence-electron chi connectivity index (χ4n) is 8.35. The summed E-state index contributed by atoms with van der Waals surface area (Å²) in [6.07, 6.45) is 73.4. The van der Waals surface area contributed by atoms with Crippen LogP contribution in [0.25, 0.3) is 0 Å². The van der Waals surface area contributed by atoms with Crippen molar-refractivity contribution in [2.75, 3.05) is 13.2 Å². The first-order valence-electron chi connectivity index (χ1n) is 29.4. The average Bonchev–Trinajstić information content (AvgIpc) is 3.35. The largest absolute Gasteiger partial charge is 0.462 e. The van der Waals surface area contributed by atoms with Gasteiger partial charge in [-0.3, -0.25) is 14.4 Å². The summed E-state index contributed by atoms with van der Waals surface area (Å²) in [7, 11) is 0. The lowest BCUT2D eigenvalue weighted by atomic mass is 10.0. The van der Waals surface area contributed by atoms with Crippen LogP contribution < -0.4 is 0 Å². The van der Waals surface area contributed by atoms with E-state index in [0.717, 1.165) is 77.0 Å². The number of unbranched alkanes of at least 4 members (excludes halogenated alkanes) is 30. The molecule has 398 valence electrons. The first kappa shape index (κ1) is 65.8. The minimum atomic E-state index is -0.802. The molecule has 0 aromatic carbocycles. The summed E-state index contributed by atoms with van der Waals surface area (Å²) in [6, 6.07) is 0. The van der Waals surface area contributed by atoms with Gasteiger partial charge in [-0.25, -0.2) is 0 Å². The molecule has 0 unspecified atom stereocenters. The van der Waals surface area contributed by atoms with Crippen molar-refractivity contribution in [1.29, 1.82) is 0 Å². The highest BCUT2D eigenvalue weighted by atomic mass is 16.6. The third-order valence-electron chi connectivity index (χ3n) is 12.7. The molecular weight excluding hydrogens is 853 g/mol. The molecule has 0 aliphatic carbocycles. The van der Waals surface area contributed by atoms with Crippen LogP contribution in [0.5, 0.6) is 0 Å². The fraction of sp³-hybridized carbons (Fsp3) is 0.762. The van der Waals surface area contributed by atoms with Crippen molar-refractivity contribution in [3.05, 3.63) is 72.9 Å². The van der Waals surface area contributed by atoms with E-state index >= 15 is 0 Å². The highest BCUT2D eigenvalue weighted by Crippen LogP contribution is 2.17. The molecule has 0 saturated carbocycles. The SMILES string of the molecule is CC/C=C\C/C=C\C/C=C\C/C=C\C/C=C\C/C=C\CCC(=O)OC[C@H](COC(=O)CCCCCCCCCCCCCCCCCCCCCCC)OC(=O)CCCCCCCCCCCCC. The number of ether oxygens (including phenoxy) is 3. The molecule has 0 amide bonds. The van der Waals surface area contributed by atoms with E-state index < -0.39 is 6.10 Å². The zero-order valence-electron chi connectivity index (χ0n) is 45.6. The second-order valence-corrected chi connectivity index (χ2v) is 19.5. The van der Waals surface area contributed by atoms with Gasteiger partial charge in [-0.05, 0) is 57.8 Å². The smallest absolute Gasteiger partial charge is 0.306 e. The summed E-state index contributed by atoms with van der Waals surface area (Å²) in [5.41, 5.74) is 0. The lowest BCUT2D eigenvalue weighted by molar-refractivity contribution is -0.166. The molecule has 0 fully saturated rings. The molecule has 69 heavy (non-hydrogen) atoms. The molecule has 0 spiro atoms. The number of carbonyl (C=O) groups is 3. The van der Waals surface area contributed by atoms with Gasteiger partial charge in [0.2, 0.25) is 0 Å². The Morgan fingerprint density at radius 3 is 0.884 bits per heavy atom. The maximum absolute atomic E-state index is 12.8. The van der Waals surface area contributed by atoms with E-state index in [-0.39, 0.29) is 37.5 Å². The van der Waals surface area contributed by atoms with Crippen molar-refractivity contribution in [1.82, 2.24) is 0 Å². The van der Waals surface area contributed by atoms with Gasteiger partial charge in [0, 0.05) is 19.3 Å². The molecule has 0 rings (SSSR count). The van der Waals surface area contributed by atoms with Crippen molar-refractivity contribution < 1.29 is 28.6 Å². The van der Waals surface area contributed by atoms with Crippen molar-refractivity contribution in [3.8, 4) is 0 Å². The monoisotopic (exact) mass is 963 g/mol. The Morgan fingerprint density at radius 1 is 0.304 bits per heavy atom. The molecular formula is C63H110O6. The van der Waals surface area contributed by atoms with Crippen LogP contribution in [0.4, 0.5) is 0 Å². The van der Waals surface area contributed by atoms with Crippen LogP contribution in [-0.4, -0.2) is 37.2 Å². The zero-order valence-corrected chi connectivity index (χ0v) is 45.6. The maximum Gasteiger partial charge on any atom is 0.306 e. The van der Waals surface area contributed by atoms with Gasteiger partial charge in [-0.15, -0.1) is 0 Å². The highest BCUT2D eigenvalue weighted by molar-refractivity contribution is 5.71. The predicted molar refractivity (Wildman–Crippen MR) is 298 cm³/mol. The van der Waals surface area contributed by atoms with Gasteiger partial charge in [-0.2, -0.15) is 0 Å². The Labute approximate surface area is 427 Å². The molecule has 6 heteroatoms. The third-order valence-corrected chi connectivity index (χ3v) is 12.7. The summed E-state index contributed by atoms with van der Waals surface area (Å²) in [6.45, 7) is 6.48. The van der Waals surface area contributed by atoms with Crippen LogP contribution in [0.2, 0.25) is 0 Å². The predicted octanol–water partition coefficient (Wildman–Crippen LogP) is 19.8. The number of allylic oxidation sites excluding steroid dienone is 12. The Morgan fingerprint density at radius 2 is 0.565 bits per heavy atom. The topological polar surface area (TPSA) is 78.9 Å². The maximum atomic E-state index is 12.8. The van der Waals surface area contributed by atoms with Gasteiger partial charge in [0.25, 0.3) is 0 Å². The van der Waals surface area contributed by atoms with Gasteiger partial charge in [0.15, 0.2) is 6.10 Å². The van der Waals surface area contributed by atoms with Crippen LogP contribution in [0, 0.1) is 0 Å². The molecule has 0 saturated heterocycles. The van der Waals surface area contributed by atoms with Gasteiger partial charge in [0.1, 0.15) is 13.2 Å². The molecule has 6 nitrogen and oxygen atoms in total. The number of rotatable bonds is 53. The molecule has 0 aromatic rings. The van der Waals surface area contributed by atoms with Crippen molar-refractivity contribution in [3.63, 3.8) is 0 Å². The van der Waals surface area contributed by atoms with Crippen LogP contribution >= 0.6 is 0 Å². The van der Waals surface area contributed by atoms with Crippen LogP contribution in [-0.2, 0) is 28.6 Å². The van der Waals surface area contributed by atoms with Gasteiger partial charge in [-0.1, -0.05) is 286 Å². The fourth-order valence-corrected chi connectivity index (χ4v) is 8.35. The summed E-state index contributed by atoms with van der Waals surface area (Å²) in [4.78, 5) is 38.1. The van der Waals surface area contributed by atoms with Crippen molar-refractivity contribution >= 4 is 17.9 Å². The zero-order chi connectivity index (χ0) is 50.0. The van der Waals surface area contributed by atoms with E-state index in [1.807, 2.05) is 6.08 Å². The first-order chi connectivity index (χ1) is 34.0. The molecule has 0 heterocycles. The van der Waals surface area contributed by atoms with E-state index in [9.17, 15) is 14.4 Å². The lowest BCUT2D eigenvalue weighted by Crippen LogP contribution is -2.30. The number of hydrogen-bond donors (Lipinski definition) is 0. The molecule has 0 N–H and O–H groups in total. The van der Waals surface area contributed by atoms with E-state index in [2.05, 4.69) is 87.6 Å². The molecule has 0 aliphatic rings. The Balaban J connectivity index is 4.36. The molecule has 0 aromatic heterocycles. The lowest BCUT2D eigenvalue weighted by Gasteiger charge is -2.18. The van der Waals surface area contributed by atoms with Crippen LogP contribution in [0.1, 0.15) is 290 Å². The summed E-state index contributed by atoms with van der Waals surface area (Å²) in [5.74, 6) is -0.972. The second kappa shape index (κ2) is 57.4. The van der Waals surface area contributed by atoms with E-state index in [0.29, 0.717) is 19.3 Å². The Kier molecular flexibility index (Phi) is 54.8. The van der Waals surface area contributed by atoms with E-state index in [4.69, 9.17) is 14.2 Å². The van der Waals surface area contributed by atoms with Crippen LogP contribution in [0.15, 0.2) is 72.9 Å². The highest BCUT2D eigenvalue weighted by Gasteiger charge is 2.19. The van der Waals surface area contributed by atoms with Crippen molar-refractivity contribution in [2.24, 2.45) is 0 Å². The van der Waals surface area contributed by atoms with Gasteiger partial charge >= 0.3 is 17.9 Å². The summed E-state index contributed by atoms with van der Waals surface area (Å²) in [5, 5.41) is 0. The summed E-state index contributed by atoms with van der Waals surface area (Å²) >= 11 is 0. The summed E-state index contributed by atoms with van der Waals surface area (Å²) < 4.78 is 16.8. The minimum Gasteiger partial charge on any atom is -0.462 e. The normalized spacial score (nSPS) is 12.6. The Bertz CT molecular complexity index is 1290. The quantitative estimate of drug-likeness (QED) is 0.0262. The first-order valence-corrected chi connectivity index (χ1v) is 29.4. The van der Waals surface area contributed by atoms with Gasteiger partial charge < -0.3 is 14.2 Å². The third kappa shape index (κ3) is 55.6. The second-order valence-electron chi connectivity index (χ2n) is 19.5. The average molecular weight is 964 g/mol. The standard InChI is InChI=1S/C63H110O6/c1-4-7-10-13-16-19-22-24-26-28-30-31-33-35-37-39-42-44-47-50-53-56-62(65)68-59-60(69-63(66)57-54-51-48-45-40-21-18-15-12-9-6-3)58-67-61(64)55-52-49-46-43-41-38-36-34-32-29-27-25-23-20-17-14-11-8-5-2/h8,11,17,20,25,27,32,34,38,41,46,49,60H,4-7,9-10,12-16,18-19,21-24,26,28-31,33,35-37,39-40,42-45,47-48,50-59H2,1-3H3/b11-8-,20-17-,27-25-,34-32-,41-38-,49-46-/t60-/m1/s1. The van der Waals surface area contributed by atoms with E-state index in [1.54, 1.807) is 0 Å². The van der Waals surface area contributed by atoms with Gasteiger partial charge in [0.05, 0.1) is 0 Å². The van der Waals surface area contributed by atoms with Crippen molar-refractivity contribution in [2.45, 2.75) is 297 Å². The van der Waals surface area contributed by atoms with Crippen LogP contribution in [0.3, 0.4) is 0 Å². The Hall–Kier alpha value is -3.15. The molecule has 0 bridgehead atoms. The number of carbonyl (C=O) groups excluding carboxylic acids is 3. The number of hydrogen-bond acceptors (Lipinski definition) is 6.